The molecule has 0 spiro atoms. The molecule has 3 aromatic rings. The summed E-state index contributed by atoms with van der Waals surface area (Å²) < 4.78 is 13.4. The van der Waals surface area contributed by atoms with Crippen molar-refractivity contribution in [3.05, 3.63) is 48.3 Å². The molecule has 2 heterocycles. The third kappa shape index (κ3) is 2.64. The number of hydrogen-bond acceptors (Lipinski definition) is 3. The first-order valence-electron chi connectivity index (χ1n) is 7.57. The monoisotopic (exact) mass is 296 g/mol. The number of fused-ring (bicyclic) bond motifs is 1. The Morgan fingerprint density at radius 2 is 1.82 bits per heavy atom. The van der Waals surface area contributed by atoms with Crippen molar-refractivity contribution in [2.24, 2.45) is 0 Å². The molecule has 4 nitrogen and oxygen atoms in total. The fourth-order valence-corrected chi connectivity index (χ4v) is 2.51. The quantitative estimate of drug-likeness (QED) is 0.711. The SMILES string of the molecule is CCOc1ccc(C)cc1-c1cn2cccc(OCC)c2n1. The van der Waals surface area contributed by atoms with E-state index in [9.17, 15) is 0 Å². The highest BCUT2D eigenvalue weighted by molar-refractivity contribution is 5.71. The van der Waals surface area contributed by atoms with Crippen LogP contribution < -0.4 is 9.47 Å². The van der Waals surface area contributed by atoms with Crippen molar-refractivity contribution in [3.63, 3.8) is 0 Å². The van der Waals surface area contributed by atoms with Gasteiger partial charge in [-0.05, 0) is 45.0 Å². The molecular formula is C18H20N2O2. The maximum absolute atomic E-state index is 5.74. The molecule has 0 bridgehead atoms. The molecule has 22 heavy (non-hydrogen) atoms. The third-order valence-corrected chi connectivity index (χ3v) is 3.46. The van der Waals surface area contributed by atoms with Gasteiger partial charge in [0.1, 0.15) is 5.75 Å². The Hall–Kier alpha value is -2.49. The van der Waals surface area contributed by atoms with E-state index < -0.39 is 0 Å². The summed E-state index contributed by atoms with van der Waals surface area (Å²) in [5, 5.41) is 0. The largest absolute Gasteiger partial charge is 0.493 e. The van der Waals surface area contributed by atoms with Gasteiger partial charge in [-0.3, -0.25) is 0 Å². The van der Waals surface area contributed by atoms with Gasteiger partial charge in [-0.15, -0.1) is 0 Å². The van der Waals surface area contributed by atoms with Crippen LogP contribution in [0.3, 0.4) is 0 Å². The minimum Gasteiger partial charge on any atom is -0.493 e. The number of benzene rings is 1. The fraction of sp³-hybridized carbons (Fsp3) is 0.278. The van der Waals surface area contributed by atoms with Gasteiger partial charge in [-0.25, -0.2) is 4.98 Å². The highest BCUT2D eigenvalue weighted by Crippen LogP contribution is 2.32. The molecule has 0 unspecified atom stereocenters. The number of pyridine rings is 1. The summed E-state index contributed by atoms with van der Waals surface area (Å²) in [4.78, 5) is 4.74. The Balaban J connectivity index is 2.14. The first kappa shape index (κ1) is 14.4. The van der Waals surface area contributed by atoms with Gasteiger partial charge in [-0.1, -0.05) is 11.6 Å². The number of imidazole rings is 1. The summed E-state index contributed by atoms with van der Waals surface area (Å²) in [5.74, 6) is 1.65. The molecule has 3 rings (SSSR count). The van der Waals surface area contributed by atoms with Gasteiger partial charge >= 0.3 is 0 Å². The maximum Gasteiger partial charge on any atom is 0.180 e. The van der Waals surface area contributed by atoms with Gasteiger partial charge in [0, 0.05) is 18.0 Å². The lowest BCUT2D eigenvalue weighted by Gasteiger charge is -2.09. The van der Waals surface area contributed by atoms with E-state index in [2.05, 4.69) is 19.1 Å². The molecule has 114 valence electrons. The van der Waals surface area contributed by atoms with E-state index in [4.69, 9.17) is 14.5 Å². The van der Waals surface area contributed by atoms with E-state index in [0.717, 1.165) is 28.4 Å². The molecule has 1 aromatic carbocycles. The lowest BCUT2D eigenvalue weighted by atomic mass is 10.1. The predicted octanol–water partition coefficient (Wildman–Crippen LogP) is 4.11. The lowest BCUT2D eigenvalue weighted by Crippen LogP contribution is -1.95. The van der Waals surface area contributed by atoms with E-state index in [-0.39, 0.29) is 0 Å². The van der Waals surface area contributed by atoms with Crippen LogP contribution in [0.4, 0.5) is 0 Å². The zero-order valence-corrected chi connectivity index (χ0v) is 13.2. The standard InChI is InChI=1S/C18H20N2O2/c1-4-21-16-9-8-13(3)11-14(16)15-12-20-10-6-7-17(22-5-2)18(20)19-15/h6-12H,4-5H2,1-3H3. The van der Waals surface area contributed by atoms with Gasteiger partial charge in [0.05, 0.1) is 18.9 Å². The Labute approximate surface area is 130 Å². The van der Waals surface area contributed by atoms with Crippen LogP contribution in [0, 0.1) is 6.92 Å². The van der Waals surface area contributed by atoms with Crippen LogP contribution in [-0.2, 0) is 0 Å². The average Bonchev–Trinajstić information content (AvgIpc) is 2.94. The molecule has 0 saturated carbocycles. The average molecular weight is 296 g/mol. The van der Waals surface area contributed by atoms with Crippen molar-refractivity contribution in [1.29, 1.82) is 0 Å². The van der Waals surface area contributed by atoms with E-state index in [1.54, 1.807) is 0 Å². The van der Waals surface area contributed by atoms with Crippen molar-refractivity contribution in [2.45, 2.75) is 20.8 Å². The summed E-state index contributed by atoms with van der Waals surface area (Å²) in [7, 11) is 0. The van der Waals surface area contributed by atoms with Crippen LogP contribution >= 0.6 is 0 Å². The molecular weight excluding hydrogens is 276 g/mol. The first-order valence-corrected chi connectivity index (χ1v) is 7.57. The highest BCUT2D eigenvalue weighted by Gasteiger charge is 2.13. The van der Waals surface area contributed by atoms with E-state index in [1.807, 2.05) is 48.8 Å². The zero-order valence-electron chi connectivity index (χ0n) is 13.2. The molecule has 0 atom stereocenters. The van der Waals surface area contributed by atoms with Crippen molar-refractivity contribution in [3.8, 4) is 22.8 Å². The molecule has 0 aliphatic carbocycles. The first-order chi connectivity index (χ1) is 10.7. The Morgan fingerprint density at radius 1 is 1.05 bits per heavy atom. The molecule has 0 radical (unpaired) electrons. The Morgan fingerprint density at radius 3 is 2.59 bits per heavy atom. The number of ether oxygens (including phenoxy) is 2. The number of aromatic nitrogens is 2. The number of rotatable bonds is 5. The van der Waals surface area contributed by atoms with Crippen LogP contribution in [0.5, 0.6) is 11.5 Å². The van der Waals surface area contributed by atoms with Crippen LogP contribution in [0.15, 0.2) is 42.7 Å². The van der Waals surface area contributed by atoms with Gasteiger partial charge in [0.2, 0.25) is 0 Å². The zero-order chi connectivity index (χ0) is 15.5. The van der Waals surface area contributed by atoms with Gasteiger partial charge < -0.3 is 13.9 Å². The maximum atomic E-state index is 5.74. The van der Waals surface area contributed by atoms with Gasteiger partial charge in [0.15, 0.2) is 11.4 Å². The van der Waals surface area contributed by atoms with Crippen LogP contribution in [0.1, 0.15) is 19.4 Å². The summed E-state index contributed by atoms with van der Waals surface area (Å²) in [5.41, 5.74) is 3.90. The van der Waals surface area contributed by atoms with Crippen molar-refractivity contribution >= 4 is 5.65 Å². The van der Waals surface area contributed by atoms with Crippen molar-refractivity contribution in [2.75, 3.05) is 13.2 Å². The van der Waals surface area contributed by atoms with Crippen LogP contribution in [-0.4, -0.2) is 22.6 Å². The second-order valence-corrected chi connectivity index (χ2v) is 5.10. The minimum atomic E-state index is 0.622. The summed E-state index contributed by atoms with van der Waals surface area (Å²) >= 11 is 0. The number of aryl methyl sites for hydroxylation is 1. The van der Waals surface area contributed by atoms with Crippen LogP contribution in [0.2, 0.25) is 0 Å². The van der Waals surface area contributed by atoms with E-state index in [1.165, 1.54) is 5.56 Å². The normalized spacial score (nSPS) is 10.9. The van der Waals surface area contributed by atoms with Crippen molar-refractivity contribution < 1.29 is 9.47 Å². The lowest BCUT2D eigenvalue weighted by molar-refractivity contribution is 0.341. The number of nitrogens with zero attached hydrogens (tertiary/aromatic N) is 2. The predicted molar refractivity (Wildman–Crippen MR) is 87.7 cm³/mol. The van der Waals surface area contributed by atoms with Gasteiger partial charge in [0.25, 0.3) is 0 Å². The number of hydrogen-bond donors (Lipinski definition) is 0. The molecule has 0 aliphatic heterocycles. The smallest absolute Gasteiger partial charge is 0.180 e. The van der Waals surface area contributed by atoms with E-state index >= 15 is 0 Å². The second kappa shape index (κ2) is 6.10. The Bertz CT molecular complexity index is 793. The molecule has 4 heteroatoms. The summed E-state index contributed by atoms with van der Waals surface area (Å²) in [6.45, 7) is 7.28. The topological polar surface area (TPSA) is 35.8 Å². The third-order valence-electron chi connectivity index (χ3n) is 3.46. The van der Waals surface area contributed by atoms with Crippen LogP contribution in [0.25, 0.3) is 16.9 Å². The Kier molecular flexibility index (Phi) is 4.00. The molecule has 0 amide bonds. The fourth-order valence-electron chi connectivity index (χ4n) is 2.51. The second-order valence-electron chi connectivity index (χ2n) is 5.10. The highest BCUT2D eigenvalue weighted by atomic mass is 16.5. The molecule has 0 aliphatic rings. The molecule has 0 N–H and O–H groups in total. The molecule has 0 fully saturated rings. The van der Waals surface area contributed by atoms with Crippen molar-refractivity contribution in [1.82, 2.24) is 9.38 Å². The van der Waals surface area contributed by atoms with Gasteiger partial charge in [-0.2, -0.15) is 0 Å². The van der Waals surface area contributed by atoms with E-state index in [0.29, 0.717) is 13.2 Å². The molecule has 2 aromatic heterocycles. The summed E-state index contributed by atoms with van der Waals surface area (Å²) in [6.07, 6.45) is 3.99. The summed E-state index contributed by atoms with van der Waals surface area (Å²) in [6, 6.07) is 10.1. The molecule has 0 saturated heterocycles. The minimum absolute atomic E-state index is 0.622.